The molecule has 112 valence electrons. The number of Topliss-reactive ketones (excluding diaryl/α,β-unsaturated/α-hetero) is 1. The highest BCUT2D eigenvalue weighted by molar-refractivity contribution is 7.20. The lowest BCUT2D eigenvalue weighted by atomic mass is 9.98. The van der Waals surface area contributed by atoms with Gasteiger partial charge in [-0.1, -0.05) is 36.0 Å². The molecule has 3 amide bonds. The molecule has 1 spiro atoms. The smallest absolute Gasteiger partial charge is 0.323 e. The fourth-order valence-corrected chi connectivity index (χ4v) is 4.40. The Morgan fingerprint density at radius 3 is 2.57 bits per heavy atom. The minimum atomic E-state index is -0.798. The lowest BCUT2D eigenvalue weighted by Crippen LogP contribution is -2.44. The van der Waals surface area contributed by atoms with E-state index in [1.807, 2.05) is 0 Å². The van der Waals surface area contributed by atoms with Crippen molar-refractivity contribution in [2.45, 2.75) is 31.2 Å². The van der Waals surface area contributed by atoms with E-state index < -0.39 is 11.6 Å². The molecule has 1 aliphatic heterocycles. The normalized spacial score (nSPS) is 20.4. The molecule has 0 aromatic carbocycles. The molecular formula is C13H12Cl2N2O3S. The maximum absolute atomic E-state index is 12.4. The molecule has 21 heavy (non-hydrogen) atoms. The summed E-state index contributed by atoms with van der Waals surface area (Å²) in [5.74, 6) is -0.697. The molecule has 1 aromatic rings. The fourth-order valence-electron chi connectivity index (χ4n) is 2.90. The Labute approximate surface area is 135 Å². The number of rotatable bonds is 3. The van der Waals surface area contributed by atoms with Gasteiger partial charge in [0.2, 0.25) is 0 Å². The zero-order chi connectivity index (χ0) is 15.2. The number of amides is 3. The first-order chi connectivity index (χ1) is 9.93. The molecule has 0 atom stereocenters. The van der Waals surface area contributed by atoms with Crippen molar-refractivity contribution in [2.75, 3.05) is 6.54 Å². The number of halogens is 2. The molecule has 1 N–H and O–H groups in total. The van der Waals surface area contributed by atoms with Crippen molar-refractivity contribution in [1.82, 2.24) is 10.2 Å². The van der Waals surface area contributed by atoms with Gasteiger partial charge in [-0.05, 0) is 18.9 Å². The van der Waals surface area contributed by atoms with Gasteiger partial charge in [-0.15, -0.1) is 11.3 Å². The number of nitrogens with one attached hydrogen (secondary N) is 1. The van der Waals surface area contributed by atoms with Gasteiger partial charge in [0.15, 0.2) is 5.78 Å². The molecule has 5 nitrogen and oxygen atoms in total. The minimum absolute atomic E-state index is 0.250. The number of hydrogen-bond donors (Lipinski definition) is 1. The molecule has 2 fully saturated rings. The second kappa shape index (κ2) is 5.26. The van der Waals surface area contributed by atoms with Gasteiger partial charge in [0.1, 0.15) is 9.88 Å². The van der Waals surface area contributed by atoms with Gasteiger partial charge >= 0.3 is 6.03 Å². The quantitative estimate of drug-likeness (QED) is 0.675. The highest BCUT2D eigenvalue weighted by atomic mass is 35.5. The van der Waals surface area contributed by atoms with Crippen LogP contribution in [0.5, 0.6) is 0 Å². The highest BCUT2D eigenvalue weighted by Crippen LogP contribution is 2.36. The summed E-state index contributed by atoms with van der Waals surface area (Å²) in [6.07, 6.45) is 3.07. The number of imide groups is 1. The summed E-state index contributed by atoms with van der Waals surface area (Å²) in [4.78, 5) is 37.6. The first-order valence-electron chi connectivity index (χ1n) is 6.55. The summed E-state index contributed by atoms with van der Waals surface area (Å²) in [5.41, 5.74) is -0.549. The third kappa shape index (κ3) is 2.45. The predicted octanol–water partition coefficient (Wildman–Crippen LogP) is 3.10. The van der Waals surface area contributed by atoms with Crippen molar-refractivity contribution < 1.29 is 14.4 Å². The van der Waals surface area contributed by atoms with E-state index in [0.29, 0.717) is 17.2 Å². The molecular weight excluding hydrogens is 335 g/mol. The van der Waals surface area contributed by atoms with Gasteiger partial charge in [0, 0.05) is 0 Å². The van der Waals surface area contributed by atoms with E-state index in [4.69, 9.17) is 23.2 Å². The Bertz CT molecular complexity index is 637. The Kier molecular flexibility index (Phi) is 3.71. The van der Waals surface area contributed by atoms with Crippen LogP contribution in [-0.4, -0.2) is 34.7 Å². The molecule has 1 aromatic heterocycles. The first-order valence-corrected chi connectivity index (χ1v) is 8.12. The van der Waals surface area contributed by atoms with E-state index in [9.17, 15) is 14.4 Å². The van der Waals surface area contributed by atoms with Crippen molar-refractivity contribution in [3.63, 3.8) is 0 Å². The molecule has 0 unspecified atom stereocenters. The van der Waals surface area contributed by atoms with Crippen LogP contribution >= 0.6 is 34.5 Å². The zero-order valence-electron chi connectivity index (χ0n) is 10.9. The van der Waals surface area contributed by atoms with Crippen LogP contribution in [0.2, 0.25) is 8.67 Å². The Balaban J connectivity index is 1.79. The lowest BCUT2D eigenvalue weighted by Gasteiger charge is -2.19. The van der Waals surface area contributed by atoms with Crippen LogP contribution in [-0.2, 0) is 4.79 Å². The van der Waals surface area contributed by atoms with Crippen LogP contribution in [0.4, 0.5) is 4.79 Å². The molecule has 1 saturated carbocycles. The van der Waals surface area contributed by atoms with E-state index in [1.54, 1.807) is 0 Å². The molecule has 3 rings (SSSR count). The first kappa shape index (κ1) is 14.8. The Morgan fingerprint density at radius 2 is 2.00 bits per heavy atom. The van der Waals surface area contributed by atoms with E-state index >= 15 is 0 Å². The van der Waals surface area contributed by atoms with Crippen molar-refractivity contribution in [1.29, 1.82) is 0 Å². The van der Waals surface area contributed by atoms with Crippen molar-refractivity contribution in [3.05, 3.63) is 20.3 Å². The van der Waals surface area contributed by atoms with Crippen LogP contribution in [0, 0.1) is 0 Å². The van der Waals surface area contributed by atoms with Crippen LogP contribution in [0.25, 0.3) is 0 Å². The maximum atomic E-state index is 12.4. The highest BCUT2D eigenvalue weighted by Gasteiger charge is 2.52. The second-order valence-corrected chi connectivity index (χ2v) is 7.56. The lowest BCUT2D eigenvalue weighted by molar-refractivity contribution is -0.130. The van der Waals surface area contributed by atoms with E-state index in [2.05, 4.69) is 5.32 Å². The van der Waals surface area contributed by atoms with Crippen molar-refractivity contribution in [3.8, 4) is 0 Å². The Hall–Kier alpha value is -1.11. The number of thiophene rings is 1. The monoisotopic (exact) mass is 346 g/mol. The SMILES string of the molecule is O=C(CN1C(=O)NC2(CCCC2)C1=O)c1cc(Cl)sc1Cl. The summed E-state index contributed by atoms with van der Waals surface area (Å²) in [7, 11) is 0. The van der Waals surface area contributed by atoms with Gasteiger partial charge in [-0.25, -0.2) is 4.79 Å². The van der Waals surface area contributed by atoms with Gasteiger partial charge in [0.05, 0.1) is 16.4 Å². The average molecular weight is 347 g/mol. The van der Waals surface area contributed by atoms with Gasteiger partial charge in [-0.3, -0.25) is 14.5 Å². The van der Waals surface area contributed by atoms with Gasteiger partial charge < -0.3 is 5.32 Å². The molecule has 2 heterocycles. The number of hydrogen-bond acceptors (Lipinski definition) is 4. The number of urea groups is 1. The van der Waals surface area contributed by atoms with Crippen LogP contribution in [0.1, 0.15) is 36.0 Å². The Morgan fingerprint density at radius 1 is 1.33 bits per heavy atom. The van der Waals surface area contributed by atoms with Crippen molar-refractivity contribution >= 4 is 52.3 Å². The van der Waals surface area contributed by atoms with E-state index in [0.717, 1.165) is 29.1 Å². The standard InChI is InChI=1S/C13H12Cl2N2O3S/c14-9-5-7(10(15)21-9)8(18)6-17-11(19)13(16-12(17)20)3-1-2-4-13/h5H,1-4,6H2,(H,16,20). The van der Waals surface area contributed by atoms with Gasteiger partial charge in [0.25, 0.3) is 5.91 Å². The third-order valence-electron chi connectivity index (χ3n) is 3.96. The fraction of sp³-hybridized carbons (Fsp3) is 0.462. The van der Waals surface area contributed by atoms with Crippen LogP contribution in [0.15, 0.2) is 6.07 Å². The largest absolute Gasteiger partial charge is 0.325 e. The number of carbonyl (C=O) groups is 3. The molecule has 2 aliphatic rings. The van der Waals surface area contributed by atoms with E-state index in [-0.39, 0.29) is 28.1 Å². The third-order valence-corrected chi connectivity index (χ3v) is 5.45. The minimum Gasteiger partial charge on any atom is -0.323 e. The summed E-state index contributed by atoms with van der Waals surface area (Å²) in [5, 5.41) is 2.73. The molecule has 0 radical (unpaired) electrons. The molecule has 1 aliphatic carbocycles. The average Bonchev–Trinajstić information content (AvgIpc) is 3.07. The predicted molar refractivity (Wildman–Crippen MR) is 80.1 cm³/mol. The zero-order valence-corrected chi connectivity index (χ0v) is 13.3. The number of ketones is 1. The van der Waals surface area contributed by atoms with Gasteiger partial charge in [-0.2, -0.15) is 0 Å². The van der Waals surface area contributed by atoms with Crippen molar-refractivity contribution in [2.24, 2.45) is 0 Å². The summed E-state index contributed by atoms with van der Waals surface area (Å²) < 4.78 is 0.667. The van der Waals surface area contributed by atoms with Crippen LogP contribution < -0.4 is 5.32 Å². The summed E-state index contributed by atoms with van der Waals surface area (Å²) in [6.45, 7) is -0.306. The second-order valence-electron chi connectivity index (χ2n) is 5.27. The molecule has 1 saturated heterocycles. The number of carbonyl (C=O) groups excluding carboxylic acids is 3. The summed E-state index contributed by atoms with van der Waals surface area (Å²) in [6, 6.07) is 0.952. The molecule has 0 bridgehead atoms. The van der Waals surface area contributed by atoms with E-state index in [1.165, 1.54) is 6.07 Å². The number of nitrogens with zero attached hydrogens (tertiary/aromatic N) is 1. The van der Waals surface area contributed by atoms with Crippen LogP contribution in [0.3, 0.4) is 0 Å². The topological polar surface area (TPSA) is 66.5 Å². The molecule has 8 heteroatoms. The maximum Gasteiger partial charge on any atom is 0.325 e. The summed E-state index contributed by atoms with van der Waals surface area (Å²) >= 11 is 12.8.